The van der Waals surface area contributed by atoms with Gasteiger partial charge >= 0.3 is 0 Å². The number of hydrogen-bond acceptors (Lipinski definition) is 7. The Morgan fingerprint density at radius 3 is 1.17 bits per heavy atom. The number of hydrogen-bond donors (Lipinski definition) is 2. The van der Waals surface area contributed by atoms with Crippen LogP contribution in [0.3, 0.4) is 0 Å². The molecule has 0 radical (unpaired) electrons. The van der Waals surface area contributed by atoms with Crippen LogP contribution in [0.25, 0.3) is 0 Å². The first-order chi connectivity index (χ1) is 10.7. The Morgan fingerprint density at radius 1 is 0.609 bits per heavy atom. The van der Waals surface area contributed by atoms with Gasteiger partial charge in [-0.25, -0.2) is 27.1 Å². The van der Waals surface area contributed by atoms with E-state index < -0.39 is 20.0 Å². The zero-order chi connectivity index (χ0) is 17.1. The van der Waals surface area contributed by atoms with Crippen LogP contribution in [0.4, 0.5) is 0 Å². The summed E-state index contributed by atoms with van der Waals surface area (Å²) in [4.78, 5) is 9.39. The molecule has 0 atom stereocenters. The molecule has 0 heterocycles. The van der Waals surface area contributed by atoms with Gasteiger partial charge in [-0.2, -0.15) is 0 Å². The lowest BCUT2D eigenvalue weighted by atomic mass is 10.3. The summed E-state index contributed by atoms with van der Waals surface area (Å²) in [7, 11) is -7.57. The summed E-state index contributed by atoms with van der Waals surface area (Å²) in [6, 6.07) is 10.2. The van der Waals surface area contributed by atoms with Crippen molar-refractivity contribution < 1.29 is 31.6 Å². The lowest BCUT2D eigenvalue weighted by Gasteiger charge is -2.05. The van der Waals surface area contributed by atoms with Gasteiger partial charge in [-0.15, -0.1) is 0 Å². The van der Waals surface area contributed by atoms with Crippen molar-refractivity contribution in [3.05, 3.63) is 48.5 Å². The molecule has 0 spiro atoms. The van der Waals surface area contributed by atoms with Crippen molar-refractivity contribution in [3.63, 3.8) is 0 Å². The van der Waals surface area contributed by atoms with E-state index in [1.807, 2.05) is 0 Å². The van der Waals surface area contributed by atoms with Gasteiger partial charge in [0, 0.05) is 5.04 Å². The first-order valence-corrected chi connectivity index (χ1v) is 9.02. The number of sulfonamides is 2. The summed E-state index contributed by atoms with van der Waals surface area (Å²) in [5.74, 6) is 0.331. The van der Waals surface area contributed by atoms with Crippen molar-refractivity contribution in [1.29, 1.82) is 0 Å². The summed E-state index contributed by atoms with van der Waals surface area (Å²) in [5.41, 5.74) is 0. The van der Waals surface area contributed by atoms with Crippen molar-refractivity contribution in [2.75, 3.05) is 0 Å². The smallest absolute Gasteiger partial charge is 0.238 e. The predicted molar refractivity (Wildman–Crippen MR) is 78.0 cm³/mol. The van der Waals surface area contributed by atoms with Crippen LogP contribution in [-0.4, -0.2) is 16.8 Å². The molecule has 0 fully saturated rings. The van der Waals surface area contributed by atoms with Crippen molar-refractivity contribution in [1.82, 2.24) is 0 Å². The zero-order valence-electron chi connectivity index (χ0n) is 11.4. The minimum absolute atomic E-state index is 0.0793. The van der Waals surface area contributed by atoms with E-state index in [1.165, 1.54) is 48.5 Å². The third-order valence-corrected chi connectivity index (χ3v) is 4.42. The van der Waals surface area contributed by atoms with Gasteiger partial charge in [-0.05, 0) is 48.5 Å². The zero-order valence-corrected chi connectivity index (χ0v) is 13.1. The molecule has 124 valence electrons. The van der Waals surface area contributed by atoms with Gasteiger partial charge in [0.1, 0.15) is 0 Å². The third-order valence-electron chi connectivity index (χ3n) is 2.57. The molecule has 0 saturated heterocycles. The average Bonchev–Trinajstić information content (AvgIpc) is 2.46. The molecular weight excluding hydrogens is 348 g/mol. The molecule has 11 heteroatoms. The molecule has 23 heavy (non-hydrogen) atoms. The highest BCUT2D eigenvalue weighted by atomic mass is 32.2. The standard InChI is InChI=1S/C12H12N2O7S2/c13-22(15,16)11-5-1-9(2-6-11)19-21-20-10-3-7-12(8-4-10)23(14,17)18/h1-8H,(H2,13,15,16)(H2,14,17,18). The SMILES string of the molecule is NS(=O)(=O)c1ccc(OOOc2ccc(S(N)(=O)=O)cc2)cc1. The van der Waals surface area contributed by atoms with Gasteiger partial charge in [-0.1, -0.05) is 0 Å². The molecule has 2 aromatic rings. The Hall–Kier alpha value is -2.18. The summed E-state index contributed by atoms with van der Waals surface area (Å²) in [5, 5.41) is 14.4. The molecule has 0 aromatic heterocycles. The Bertz CT molecular complexity index is 801. The molecule has 0 aliphatic heterocycles. The fourth-order valence-electron chi connectivity index (χ4n) is 1.47. The quantitative estimate of drug-likeness (QED) is 0.555. The molecule has 9 nitrogen and oxygen atoms in total. The van der Waals surface area contributed by atoms with E-state index in [0.29, 0.717) is 0 Å². The summed E-state index contributed by atoms with van der Waals surface area (Å²) >= 11 is 0. The van der Waals surface area contributed by atoms with Crippen LogP contribution >= 0.6 is 0 Å². The van der Waals surface area contributed by atoms with E-state index in [9.17, 15) is 16.8 Å². The largest absolute Gasteiger partial charge is 0.299 e. The Balaban J connectivity index is 1.92. The second kappa shape index (κ2) is 6.52. The highest BCUT2D eigenvalue weighted by molar-refractivity contribution is 7.89. The van der Waals surface area contributed by atoms with Gasteiger partial charge in [0.2, 0.25) is 20.0 Å². The van der Waals surface area contributed by atoms with E-state index in [2.05, 4.69) is 5.04 Å². The van der Waals surface area contributed by atoms with Crippen LogP contribution < -0.4 is 20.1 Å². The fraction of sp³-hybridized carbons (Fsp3) is 0. The normalized spacial score (nSPS) is 11.9. The molecule has 0 amide bonds. The maximum atomic E-state index is 11.1. The molecule has 0 aliphatic carbocycles. The topological polar surface area (TPSA) is 148 Å². The van der Waals surface area contributed by atoms with Crippen LogP contribution in [0.15, 0.2) is 58.3 Å². The summed E-state index contributed by atoms with van der Waals surface area (Å²) < 4.78 is 44.3. The summed E-state index contributed by atoms with van der Waals surface area (Å²) in [6.07, 6.45) is 0. The van der Waals surface area contributed by atoms with Gasteiger partial charge < -0.3 is 0 Å². The van der Waals surface area contributed by atoms with Crippen molar-refractivity contribution in [2.24, 2.45) is 10.3 Å². The Kier molecular flexibility index (Phi) is 4.87. The maximum absolute atomic E-state index is 11.1. The summed E-state index contributed by atoms with van der Waals surface area (Å²) in [6.45, 7) is 0. The molecule has 0 unspecified atom stereocenters. The van der Waals surface area contributed by atoms with Gasteiger partial charge in [0.15, 0.2) is 11.5 Å². The molecule has 2 rings (SSSR count). The van der Waals surface area contributed by atoms with Gasteiger partial charge in [0.25, 0.3) is 0 Å². The molecule has 0 aliphatic rings. The molecular formula is C12H12N2O7S2. The van der Waals surface area contributed by atoms with Crippen molar-refractivity contribution >= 4 is 20.0 Å². The lowest BCUT2D eigenvalue weighted by molar-refractivity contribution is -0.411. The van der Waals surface area contributed by atoms with Crippen molar-refractivity contribution in [3.8, 4) is 11.5 Å². The minimum Gasteiger partial charge on any atom is -0.299 e. The minimum atomic E-state index is -3.79. The second-order valence-electron chi connectivity index (χ2n) is 4.27. The van der Waals surface area contributed by atoms with Crippen molar-refractivity contribution in [2.45, 2.75) is 9.79 Å². The third kappa shape index (κ3) is 4.91. The predicted octanol–water partition coefficient (Wildman–Crippen LogP) is 0.286. The number of primary sulfonamides is 2. The molecule has 2 aromatic carbocycles. The lowest BCUT2D eigenvalue weighted by Crippen LogP contribution is -2.12. The number of rotatable bonds is 6. The fourth-order valence-corrected chi connectivity index (χ4v) is 2.50. The monoisotopic (exact) mass is 360 g/mol. The first kappa shape index (κ1) is 17.2. The van der Waals surface area contributed by atoms with E-state index in [0.717, 1.165) is 0 Å². The molecule has 4 N–H and O–H groups in total. The van der Waals surface area contributed by atoms with E-state index in [1.54, 1.807) is 0 Å². The van der Waals surface area contributed by atoms with E-state index >= 15 is 0 Å². The average molecular weight is 360 g/mol. The van der Waals surface area contributed by atoms with Gasteiger partial charge in [0.05, 0.1) is 9.79 Å². The van der Waals surface area contributed by atoms with E-state index in [4.69, 9.17) is 20.1 Å². The van der Waals surface area contributed by atoms with Crippen LogP contribution in [0.2, 0.25) is 0 Å². The number of benzene rings is 2. The highest BCUT2D eigenvalue weighted by Gasteiger charge is 2.09. The first-order valence-electron chi connectivity index (χ1n) is 5.93. The van der Waals surface area contributed by atoms with Crippen LogP contribution in [-0.2, 0) is 25.1 Å². The molecule has 0 bridgehead atoms. The van der Waals surface area contributed by atoms with Gasteiger partial charge in [-0.3, -0.25) is 9.78 Å². The maximum Gasteiger partial charge on any atom is 0.238 e. The second-order valence-corrected chi connectivity index (χ2v) is 7.39. The molecule has 0 saturated carbocycles. The van der Waals surface area contributed by atoms with Crippen LogP contribution in [0, 0.1) is 0 Å². The number of nitrogens with two attached hydrogens (primary N) is 2. The Morgan fingerprint density at radius 2 is 0.913 bits per heavy atom. The van der Waals surface area contributed by atoms with Crippen LogP contribution in [0.5, 0.6) is 11.5 Å². The highest BCUT2D eigenvalue weighted by Crippen LogP contribution is 2.17. The Labute approximate surface area is 132 Å². The van der Waals surface area contributed by atoms with Crippen LogP contribution in [0.1, 0.15) is 0 Å². The van der Waals surface area contributed by atoms with E-state index in [-0.39, 0.29) is 21.3 Å².